The summed E-state index contributed by atoms with van der Waals surface area (Å²) < 4.78 is 56.7. The number of fused-ring (bicyclic) bond motifs is 1. The van der Waals surface area contributed by atoms with Crippen LogP contribution < -0.4 is 0 Å². The van der Waals surface area contributed by atoms with Crippen molar-refractivity contribution in [2.75, 3.05) is 26.2 Å². The average molecular weight is 534 g/mol. The summed E-state index contributed by atoms with van der Waals surface area (Å²) >= 11 is 5.78. The molecule has 0 saturated carbocycles. The van der Waals surface area contributed by atoms with Crippen molar-refractivity contribution in [2.24, 2.45) is 0 Å². The summed E-state index contributed by atoms with van der Waals surface area (Å²) in [7, 11) is 0. The van der Waals surface area contributed by atoms with E-state index in [1.165, 1.54) is 6.33 Å². The van der Waals surface area contributed by atoms with Crippen LogP contribution in [0.15, 0.2) is 43.1 Å². The van der Waals surface area contributed by atoms with Crippen LogP contribution in [0.1, 0.15) is 30.0 Å². The quantitative estimate of drug-likeness (QED) is 0.359. The first-order valence-electron chi connectivity index (χ1n) is 12.1. The number of hydrogen-bond acceptors (Lipinski definition) is 5. The average Bonchev–Trinajstić information content (AvgIpc) is 3.51. The molecule has 0 radical (unpaired) electrons. The maximum absolute atomic E-state index is 14.5. The van der Waals surface area contributed by atoms with Gasteiger partial charge in [-0.25, -0.2) is 14.4 Å². The van der Waals surface area contributed by atoms with E-state index >= 15 is 0 Å². The van der Waals surface area contributed by atoms with Crippen LogP contribution in [0.4, 0.5) is 17.6 Å². The maximum Gasteiger partial charge on any atom is 0.416 e. The number of piperidine rings is 1. The number of halogens is 5. The van der Waals surface area contributed by atoms with Crippen LogP contribution in [0.25, 0.3) is 22.3 Å². The van der Waals surface area contributed by atoms with Crippen LogP contribution in [0.2, 0.25) is 5.02 Å². The Morgan fingerprint density at radius 3 is 2.59 bits per heavy atom. The van der Waals surface area contributed by atoms with Gasteiger partial charge in [-0.2, -0.15) is 18.3 Å². The maximum atomic E-state index is 14.5. The summed E-state index contributed by atoms with van der Waals surface area (Å²) in [6.07, 6.45) is 4.20. The Kier molecular flexibility index (Phi) is 6.16. The van der Waals surface area contributed by atoms with Gasteiger partial charge in [-0.05, 0) is 44.1 Å². The Bertz CT molecular complexity index is 1420. The first-order chi connectivity index (χ1) is 17.8. The Morgan fingerprint density at radius 1 is 1.05 bits per heavy atom. The molecule has 5 heterocycles. The summed E-state index contributed by atoms with van der Waals surface area (Å²) in [6.45, 7) is 2.80. The summed E-state index contributed by atoms with van der Waals surface area (Å²) in [4.78, 5) is 16.0. The number of H-pyrrole nitrogens is 1. The Morgan fingerprint density at radius 2 is 1.84 bits per heavy atom. The van der Waals surface area contributed by atoms with Gasteiger partial charge in [-0.1, -0.05) is 11.6 Å². The molecule has 194 valence electrons. The van der Waals surface area contributed by atoms with E-state index in [0.29, 0.717) is 19.1 Å². The van der Waals surface area contributed by atoms with Crippen LogP contribution in [-0.4, -0.2) is 66.8 Å². The van der Waals surface area contributed by atoms with Gasteiger partial charge in [0.25, 0.3) is 0 Å². The fraction of sp³-hybridized carbons (Fsp3) is 0.400. The minimum Gasteiger partial charge on any atom is -0.346 e. The van der Waals surface area contributed by atoms with Crippen molar-refractivity contribution in [3.63, 3.8) is 0 Å². The standard InChI is InChI=1S/C25H24ClF4N7/c26-21-2-1-20(25(28,29)30)19(22(21)27)13-35-7-4-16(5-8-35)36-11-17(12-36)37-10-15(9-34-37)23-18-3-6-31-24(18)33-14-32-23/h1-3,6,9-10,14,16-17H,4-5,7-8,11-13H2,(H,31,32,33). The van der Waals surface area contributed by atoms with Gasteiger partial charge in [0.1, 0.15) is 17.8 Å². The first kappa shape index (κ1) is 24.3. The zero-order chi connectivity index (χ0) is 25.7. The molecule has 2 saturated heterocycles. The molecular formula is C25H24ClF4N7. The number of nitrogens with zero attached hydrogens (tertiary/aromatic N) is 6. The molecule has 7 nitrogen and oxygen atoms in total. The van der Waals surface area contributed by atoms with E-state index in [1.807, 2.05) is 34.2 Å². The normalized spacial score (nSPS) is 18.5. The molecule has 1 N–H and O–H groups in total. The van der Waals surface area contributed by atoms with E-state index in [4.69, 9.17) is 11.6 Å². The van der Waals surface area contributed by atoms with Crippen molar-refractivity contribution in [3.05, 3.63) is 65.1 Å². The lowest BCUT2D eigenvalue weighted by Gasteiger charge is -2.47. The molecule has 0 bridgehead atoms. The highest BCUT2D eigenvalue weighted by molar-refractivity contribution is 6.30. The lowest BCUT2D eigenvalue weighted by molar-refractivity contribution is -0.138. The highest BCUT2D eigenvalue weighted by Crippen LogP contribution is 2.37. The zero-order valence-corrected chi connectivity index (χ0v) is 20.5. The van der Waals surface area contributed by atoms with Crippen molar-refractivity contribution < 1.29 is 17.6 Å². The topological polar surface area (TPSA) is 65.9 Å². The van der Waals surface area contributed by atoms with Crippen LogP contribution in [0.5, 0.6) is 0 Å². The third-order valence-electron chi connectivity index (χ3n) is 7.45. The first-order valence-corrected chi connectivity index (χ1v) is 12.5. The van der Waals surface area contributed by atoms with Crippen LogP contribution >= 0.6 is 11.6 Å². The number of aromatic nitrogens is 5. The molecule has 2 fully saturated rings. The fourth-order valence-corrected chi connectivity index (χ4v) is 5.57. The number of likely N-dealkylation sites (tertiary alicyclic amines) is 2. The van der Waals surface area contributed by atoms with Crippen LogP contribution in [-0.2, 0) is 12.7 Å². The molecule has 0 aliphatic carbocycles. The third-order valence-corrected chi connectivity index (χ3v) is 7.74. The number of hydrogen-bond donors (Lipinski definition) is 1. The molecular weight excluding hydrogens is 510 g/mol. The second kappa shape index (κ2) is 9.38. The molecule has 0 unspecified atom stereocenters. The minimum absolute atomic E-state index is 0.107. The second-order valence-electron chi connectivity index (χ2n) is 9.67. The van der Waals surface area contributed by atoms with Crippen LogP contribution in [0.3, 0.4) is 0 Å². The van der Waals surface area contributed by atoms with Gasteiger partial charge in [0, 0.05) is 54.6 Å². The molecule has 2 aliphatic rings. The SMILES string of the molecule is Fc1c(Cl)ccc(C(F)(F)F)c1CN1CCC(N2CC(n3cc(-c4ncnc5[nH]ccc45)cn3)C2)CC1. The van der Waals surface area contributed by atoms with Gasteiger partial charge in [0.15, 0.2) is 0 Å². The Hall–Kier alpha value is -3.02. The van der Waals surface area contributed by atoms with E-state index in [2.05, 4.69) is 25.0 Å². The Balaban J connectivity index is 1.05. The molecule has 3 aromatic heterocycles. The van der Waals surface area contributed by atoms with Crippen molar-refractivity contribution >= 4 is 22.6 Å². The summed E-state index contributed by atoms with van der Waals surface area (Å²) in [5, 5.41) is 5.22. The van der Waals surface area contributed by atoms with Crippen molar-refractivity contribution in [3.8, 4) is 11.3 Å². The van der Waals surface area contributed by atoms with Gasteiger partial charge in [0.2, 0.25) is 0 Å². The van der Waals surface area contributed by atoms with Gasteiger partial charge in [0.05, 0.1) is 28.5 Å². The smallest absolute Gasteiger partial charge is 0.346 e. The predicted octanol–water partition coefficient (Wildman–Crippen LogP) is 5.15. The molecule has 6 rings (SSSR count). The van der Waals surface area contributed by atoms with Gasteiger partial charge >= 0.3 is 6.18 Å². The highest BCUT2D eigenvalue weighted by Gasteiger charge is 2.38. The zero-order valence-electron chi connectivity index (χ0n) is 19.7. The lowest BCUT2D eigenvalue weighted by atomic mass is 9.96. The van der Waals surface area contributed by atoms with E-state index in [-0.39, 0.29) is 23.2 Å². The van der Waals surface area contributed by atoms with E-state index in [1.54, 1.807) is 0 Å². The lowest BCUT2D eigenvalue weighted by Crippen LogP contribution is -2.55. The highest BCUT2D eigenvalue weighted by atomic mass is 35.5. The molecule has 4 aromatic rings. The van der Waals surface area contributed by atoms with Gasteiger partial charge < -0.3 is 4.98 Å². The van der Waals surface area contributed by atoms with E-state index < -0.39 is 17.6 Å². The number of aromatic amines is 1. The number of alkyl halides is 3. The minimum atomic E-state index is -4.63. The third kappa shape index (κ3) is 4.60. The van der Waals surface area contributed by atoms with Crippen molar-refractivity contribution in [1.29, 1.82) is 0 Å². The van der Waals surface area contributed by atoms with E-state index in [0.717, 1.165) is 60.4 Å². The second-order valence-corrected chi connectivity index (χ2v) is 10.1. The largest absolute Gasteiger partial charge is 0.416 e. The molecule has 2 aliphatic heterocycles. The molecule has 0 spiro atoms. The van der Waals surface area contributed by atoms with Gasteiger partial charge in [-0.15, -0.1) is 0 Å². The monoisotopic (exact) mass is 533 g/mol. The molecule has 12 heteroatoms. The summed E-state index contributed by atoms with van der Waals surface area (Å²) in [5.74, 6) is -0.984. The van der Waals surface area contributed by atoms with Gasteiger partial charge in [-0.3, -0.25) is 14.5 Å². The number of nitrogens with one attached hydrogen (secondary N) is 1. The number of rotatable bonds is 5. The van der Waals surface area contributed by atoms with E-state index in [9.17, 15) is 17.6 Å². The molecule has 37 heavy (non-hydrogen) atoms. The summed E-state index contributed by atoms with van der Waals surface area (Å²) in [6, 6.07) is 4.37. The fourth-order valence-electron chi connectivity index (χ4n) is 5.39. The number of benzene rings is 1. The van der Waals surface area contributed by atoms with Crippen LogP contribution in [0, 0.1) is 5.82 Å². The van der Waals surface area contributed by atoms with Crippen molar-refractivity contribution in [2.45, 2.75) is 37.6 Å². The predicted molar refractivity (Wildman–Crippen MR) is 130 cm³/mol. The van der Waals surface area contributed by atoms with Crippen molar-refractivity contribution in [1.82, 2.24) is 34.5 Å². The molecule has 0 amide bonds. The molecule has 1 aromatic carbocycles. The summed E-state index contributed by atoms with van der Waals surface area (Å²) in [5.41, 5.74) is 1.22. The Labute approximate surface area is 215 Å². The molecule has 0 atom stereocenters.